The SMILES string of the molecule is C=C(C)CC(C)/C=C/OC. The van der Waals surface area contributed by atoms with Crippen molar-refractivity contribution < 1.29 is 4.74 Å². The van der Waals surface area contributed by atoms with E-state index in [0.717, 1.165) is 6.42 Å². The highest BCUT2D eigenvalue weighted by atomic mass is 16.5. The molecule has 1 heteroatoms. The lowest BCUT2D eigenvalue weighted by molar-refractivity contribution is 0.334. The first-order valence-corrected chi connectivity index (χ1v) is 3.50. The Bertz CT molecular complexity index is 125. The summed E-state index contributed by atoms with van der Waals surface area (Å²) in [7, 11) is 1.66. The van der Waals surface area contributed by atoms with Gasteiger partial charge in [0.05, 0.1) is 13.4 Å². The highest BCUT2D eigenvalue weighted by Crippen LogP contribution is 2.09. The summed E-state index contributed by atoms with van der Waals surface area (Å²) in [5, 5.41) is 0. The second kappa shape index (κ2) is 5.10. The molecular weight excluding hydrogens is 124 g/mol. The van der Waals surface area contributed by atoms with Crippen molar-refractivity contribution in [1.82, 2.24) is 0 Å². The van der Waals surface area contributed by atoms with Gasteiger partial charge in [0.25, 0.3) is 0 Å². The molecule has 0 spiro atoms. The maximum atomic E-state index is 4.78. The van der Waals surface area contributed by atoms with Crippen molar-refractivity contribution in [2.75, 3.05) is 7.11 Å². The zero-order chi connectivity index (χ0) is 7.98. The largest absolute Gasteiger partial charge is 0.505 e. The van der Waals surface area contributed by atoms with Gasteiger partial charge in [-0.2, -0.15) is 0 Å². The molecule has 0 saturated carbocycles. The number of methoxy groups -OCH3 is 1. The number of ether oxygens (including phenoxy) is 1. The van der Waals surface area contributed by atoms with Crippen LogP contribution in [0, 0.1) is 5.92 Å². The Balaban J connectivity index is 3.52. The number of rotatable bonds is 4. The van der Waals surface area contributed by atoms with Crippen LogP contribution in [-0.2, 0) is 4.74 Å². The van der Waals surface area contributed by atoms with E-state index in [1.165, 1.54) is 5.57 Å². The summed E-state index contributed by atoms with van der Waals surface area (Å²) in [5.41, 5.74) is 1.22. The fraction of sp³-hybridized carbons (Fsp3) is 0.556. The molecular formula is C9H16O. The van der Waals surface area contributed by atoms with Crippen LogP contribution < -0.4 is 0 Å². The standard InChI is InChI=1S/C9H16O/c1-8(2)7-9(3)5-6-10-4/h5-6,9H,1,7H2,2-4H3/b6-5+. The van der Waals surface area contributed by atoms with E-state index in [1.54, 1.807) is 13.4 Å². The molecule has 0 aromatic rings. The molecule has 10 heavy (non-hydrogen) atoms. The highest BCUT2D eigenvalue weighted by molar-refractivity contribution is 4.94. The first-order chi connectivity index (χ1) is 4.66. The molecule has 0 aromatic heterocycles. The van der Waals surface area contributed by atoms with E-state index >= 15 is 0 Å². The summed E-state index contributed by atoms with van der Waals surface area (Å²) < 4.78 is 4.78. The molecule has 58 valence electrons. The molecule has 1 nitrogen and oxygen atoms in total. The average Bonchev–Trinajstić information content (AvgIpc) is 1.82. The van der Waals surface area contributed by atoms with Gasteiger partial charge in [-0.25, -0.2) is 0 Å². The van der Waals surface area contributed by atoms with Gasteiger partial charge >= 0.3 is 0 Å². The maximum Gasteiger partial charge on any atom is 0.0787 e. The molecule has 0 radical (unpaired) electrons. The summed E-state index contributed by atoms with van der Waals surface area (Å²) in [6.07, 6.45) is 4.79. The monoisotopic (exact) mass is 140 g/mol. The predicted octanol–water partition coefficient (Wildman–Crippen LogP) is 2.75. The van der Waals surface area contributed by atoms with Crippen LogP contribution in [0.5, 0.6) is 0 Å². The third-order valence-electron chi connectivity index (χ3n) is 1.21. The summed E-state index contributed by atoms with van der Waals surface area (Å²) >= 11 is 0. The van der Waals surface area contributed by atoms with Gasteiger partial charge in [-0.05, 0) is 25.3 Å². The maximum absolute atomic E-state index is 4.78. The Labute approximate surface area is 63.4 Å². The smallest absolute Gasteiger partial charge is 0.0787 e. The molecule has 0 aliphatic heterocycles. The van der Waals surface area contributed by atoms with E-state index in [0.29, 0.717) is 5.92 Å². The molecule has 0 aromatic carbocycles. The first-order valence-electron chi connectivity index (χ1n) is 3.50. The zero-order valence-electron chi connectivity index (χ0n) is 7.05. The summed E-state index contributed by atoms with van der Waals surface area (Å²) in [6.45, 7) is 8.01. The van der Waals surface area contributed by atoms with Crippen LogP contribution in [0.25, 0.3) is 0 Å². The van der Waals surface area contributed by atoms with E-state index in [1.807, 2.05) is 13.0 Å². The van der Waals surface area contributed by atoms with Gasteiger partial charge in [-0.3, -0.25) is 0 Å². The first kappa shape index (κ1) is 9.28. The van der Waals surface area contributed by atoms with E-state index < -0.39 is 0 Å². The van der Waals surface area contributed by atoms with Crippen LogP contribution in [0.15, 0.2) is 24.5 Å². The molecule has 0 amide bonds. The molecule has 0 fully saturated rings. The molecule has 0 N–H and O–H groups in total. The third-order valence-corrected chi connectivity index (χ3v) is 1.21. The Morgan fingerprint density at radius 2 is 2.30 bits per heavy atom. The lowest BCUT2D eigenvalue weighted by Gasteiger charge is -2.03. The third kappa shape index (κ3) is 5.42. The molecule has 0 aliphatic carbocycles. The molecule has 0 heterocycles. The van der Waals surface area contributed by atoms with Crippen LogP contribution in [0.1, 0.15) is 20.3 Å². The van der Waals surface area contributed by atoms with E-state index in [2.05, 4.69) is 13.5 Å². The Hall–Kier alpha value is -0.720. The van der Waals surface area contributed by atoms with Gasteiger partial charge in [-0.15, -0.1) is 6.58 Å². The lowest BCUT2D eigenvalue weighted by atomic mass is 10.0. The summed E-state index contributed by atoms with van der Waals surface area (Å²) in [6, 6.07) is 0. The summed E-state index contributed by atoms with van der Waals surface area (Å²) in [5.74, 6) is 0.539. The van der Waals surface area contributed by atoms with Crippen molar-refractivity contribution >= 4 is 0 Å². The minimum absolute atomic E-state index is 0.539. The Kier molecular flexibility index (Phi) is 4.73. The molecule has 1 atom stereocenters. The summed E-state index contributed by atoms with van der Waals surface area (Å²) in [4.78, 5) is 0. The van der Waals surface area contributed by atoms with Gasteiger partial charge in [0.15, 0.2) is 0 Å². The second-order valence-electron chi connectivity index (χ2n) is 2.70. The minimum Gasteiger partial charge on any atom is -0.505 e. The van der Waals surface area contributed by atoms with Gasteiger partial charge in [-0.1, -0.05) is 12.5 Å². The van der Waals surface area contributed by atoms with E-state index in [-0.39, 0.29) is 0 Å². The average molecular weight is 140 g/mol. The molecule has 0 rings (SSSR count). The van der Waals surface area contributed by atoms with Gasteiger partial charge < -0.3 is 4.74 Å². The van der Waals surface area contributed by atoms with Crippen LogP contribution >= 0.6 is 0 Å². The normalized spacial score (nSPS) is 13.5. The van der Waals surface area contributed by atoms with Crippen molar-refractivity contribution in [3.63, 3.8) is 0 Å². The topological polar surface area (TPSA) is 9.23 Å². The number of allylic oxidation sites excluding steroid dienone is 2. The van der Waals surface area contributed by atoms with Crippen molar-refractivity contribution in [3.05, 3.63) is 24.5 Å². The quantitative estimate of drug-likeness (QED) is 0.431. The lowest BCUT2D eigenvalue weighted by Crippen LogP contribution is -1.89. The molecule has 0 saturated heterocycles. The minimum atomic E-state index is 0.539. The number of hydrogen-bond donors (Lipinski definition) is 0. The van der Waals surface area contributed by atoms with E-state index in [9.17, 15) is 0 Å². The van der Waals surface area contributed by atoms with Crippen LogP contribution in [-0.4, -0.2) is 7.11 Å². The fourth-order valence-electron chi connectivity index (χ4n) is 0.830. The predicted molar refractivity (Wildman–Crippen MR) is 44.7 cm³/mol. The molecule has 1 unspecified atom stereocenters. The van der Waals surface area contributed by atoms with Crippen molar-refractivity contribution in [1.29, 1.82) is 0 Å². The van der Waals surface area contributed by atoms with Crippen LogP contribution in [0.3, 0.4) is 0 Å². The van der Waals surface area contributed by atoms with Gasteiger partial charge in [0, 0.05) is 0 Å². The Morgan fingerprint density at radius 3 is 2.70 bits per heavy atom. The van der Waals surface area contributed by atoms with Gasteiger partial charge in [0.2, 0.25) is 0 Å². The second-order valence-corrected chi connectivity index (χ2v) is 2.70. The highest BCUT2D eigenvalue weighted by Gasteiger charge is 1.95. The van der Waals surface area contributed by atoms with Crippen molar-refractivity contribution in [2.24, 2.45) is 5.92 Å². The molecule has 0 aliphatic rings. The van der Waals surface area contributed by atoms with Crippen molar-refractivity contribution in [3.8, 4) is 0 Å². The van der Waals surface area contributed by atoms with Crippen LogP contribution in [0.4, 0.5) is 0 Å². The fourth-order valence-corrected chi connectivity index (χ4v) is 0.830. The zero-order valence-corrected chi connectivity index (χ0v) is 7.05. The van der Waals surface area contributed by atoms with E-state index in [4.69, 9.17) is 4.74 Å². The van der Waals surface area contributed by atoms with Gasteiger partial charge in [0.1, 0.15) is 0 Å². The molecule has 0 bridgehead atoms. The Morgan fingerprint density at radius 1 is 1.70 bits per heavy atom. The number of hydrogen-bond acceptors (Lipinski definition) is 1. The van der Waals surface area contributed by atoms with Crippen molar-refractivity contribution in [2.45, 2.75) is 20.3 Å². The van der Waals surface area contributed by atoms with Crippen LogP contribution in [0.2, 0.25) is 0 Å².